The smallest absolute Gasteiger partial charge is 0.232 e. The molecule has 1 aliphatic carbocycles. The zero-order chi connectivity index (χ0) is 11.7. The van der Waals surface area contributed by atoms with Gasteiger partial charge in [-0.15, -0.1) is 0 Å². The van der Waals surface area contributed by atoms with Crippen LogP contribution in [0, 0.1) is 11.8 Å². The second-order valence-electron chi connectivity index (χ2n) is 4.83. The number of imide groups is 1. The van der Waals surface area contributed by atoms with Gasteiger partial charge in [0.15, 0.2) is 0 Å². The van der Waals surface area contributed by atoms with Crippen molar-refractivity contribution in [3.63, 3.8) is 0 Å². The molecule has 2 rings (SSSR count). The summed E-state index contributed by atoms with van der Waals surface area (Å²) in [5.41, 5.74) is 0. The molecular weight excluding hydrogens is 206 g/mol. The number of carbonyl (C=O) groups excluding carboxylic acids is 2. The highest BCUT2D eigenvalue weighted by atomic mass is 16.3. The van der Waals surface area contributed by atoms with E-state index < -0.39 is 0 Å². The molecule has 2 bridgehead atoms. The van der Waals surface area contributed by atoms with Crippen molar-refractivity contribution in [1.29, 1.82) is 0 Å². The lowest BCUT2D eigenvalue weighted by Crippen LogP contribution is -2.51. The van der Waals surface area contributed by atoms with Crippen molar-refractivity contribution in [3.05, 3.63) is 0 Å². The largest absolute Gasteiger partial charge is 0.396 e. The summed E-state index contributed by atoms with van der Waals surface area (Å²) in [4.78, 5) is 25.6. The van der Waals surface area contributed by atoms with Gasteiger partial charge in [0.2, 0.25) is 11.8 Å². The van der Waals surface area contributed by atoms with Crippen LogP contribution in [0.3, 0.4) is 0 Å². The molecule has 1 saturated heterocycles. The van der Waals surface area contributed by atoms with Gasteiger partial charge in [-0.25, -0.2) is 0 Å². The fourth-order valence-corrected chi connectivity index (χ4v) is 2.96. The summed E-state index contributed by atoms with van der Waals surface area (Å²) in [6.45, 7) is 1.99. The maximum atomic E-state index is 12.1. The van der Waals surface area contributed by atoms with Crippen molar-refractivity contribution >= 4 is 11.8 Å². The molecule has 0 spiro atoms. The number of nitrogens with zero attached hydrogens (tertiary/aromatic N) is 1. The predicted molar refractivity (Wildman–Crippen MR) is 58.5 cm³/mol. The second-order valence-corrected chi connectivity index (χ2v) is 4.83. The fourth-order valence-electron chi connectivity index (χ4n) is 2.96. The van der Waals surface area contributed by atoms with E-state index in [1.54, 1.807) is 0 Å². The van der Waals surface area contributed by atoms with Crippen molar-refractivity contribution < 1.29 is 14.7 Å². The first-order chi connectivity index (χ1) is 7.69. The fraction of sp³-hybridized carbons (Fsp3) is 0.833. The molecule has 0 radical (unpaired) electrons. The van der Waals surface area contributed by atoms with E-state index in [0.29, 0.717) is 6.42 Å². The molecule has 16 heavy (non-hydrogen) atoms. The molecule has 0 aromatic rings. The van der Waals surface area contributed by atoms with Gasteiger partial charge in [0.25, 0.3) is 0 Å². The van der Waals surface area contributed by atoms with Crippen molar-refractivity contribution in [2.45, 2.75) is 45.1 Å². The molecule has 0 aromatic heterocycles. The molecule has 4 heteroatoms. The number of aliphatic hydroxyl groups is 1. The van der Waals surface area contributed by atoms with Crippen LogP contribution in [0.15, 0.2) is 0 Å². The molecule has 90 valence electrons. The van der Waals surface area contributed by atoms with Crippen molar-refractivity contribution in [3.8, 4) is 0 Å². The van der Waals surface area contributed by atoms with Gasteiger partial charge in [0, 0.05) is 24.5 Å². The van der Waals surface area contributed by atoms with Crippen molar-refractivity contribution in [1.82, 2.24) is 4.90 Å². The van der Waals surface area contributed by atoms with Gasteiger partial charge in [-0.05, 0) is 32.1 Å². The monoisotopic (exact) mass is 225 g/mol. The second kappa shape index (κ2) is 4.53. The average Bonchev–Trinajstić information content (AvgIpc) is 2.72. The number of hydrogen-bond acceptors (Lipinski definition) is 3. The highest BCUT2D eigenvalue weighted by Crippen LogP contribution is 2.39. The molecule has 2 aliphatic rings. The minimum atomic E-state index is -0.103. The molecular formula is C12H19NO3. The number of fused-ring (bicyclic) bond motifs is 2. The Morgan fingerprint density at radius 3 is 2.31 bits per heavy atom. The van der Waals surface area contributed by atoms with E-state index in [0.717, 1.165) is 25.7 Å². The minimum Gasteiger partial charge on any atom is -0.396 e. The lowest BCUT2D eigenvalue weighted by molar-refractivity contribution is -0.156. The highest BCUT2D eigenvalue weighted by Gasteiger charge is 2.46. The van der Waals surface area contributed by atoms with Crippen LogP contribution in [-0.4, -0.2) is 34.5 Å². The van der Waals surface area contributed by atoms with Crippen LogP contribution in [0.1, 0.15) is 39.0 Å². The molecule has 0 aromatic carbocycles. The lowest BCUT2D eigenvalue weighted by atomic mass is 9.94. The first-order valence-electron chi connectivity index (χ1n) is 6.16. The summed E-state index contributed by atoms with van der Waals surface area (Å²) in [5.74, 6) is 0.129. The van der Waals surface area contributed by atoms with E-state index >= 15 is 0 Å². The van der Waals surface area contributed by atoms with Gasteiger partial charge < -0.3 is 5.11 Å². The number of hydrogen-bond donors (Lipinski definition) is 1. The van der Waals surface area contributed by atoms with E-state index in [1.807, 2.05) is 6.92 Å². The van der Waals surface area contributed by atoms with E-state index in [-0.39, 0.29) is 36.3 Å². The summed E-state index contributed by atoms with van der Waals surface area (Å²) in [7, 11) is 0. The SMILES string of the molecule is CCC(CCO)N1C(=O)C2CCC(C2)C1=O. The Hall–Kier alpha value is -0.900. The standard InChI is InChI=1S/C12H19NO3/c1-2-10(5-6-14)13-11(15)8-3-4-9(7-8)12(13)16/h8-10,14H,2-7H2,1H3. The van der Waals surface area contributed by atoms with E-state index in [4.69, 9.17) is 5.11 Å². The van der Waals surface area contributed by atoms with E-state index in [9.17, 15) is 9.59 Å². The quantitative estimate of drug-likeness (QED) is 0.724. The molecule has 1 heterocycles. The average molecular weight is 225 g/mol. The first kappa shape index (κ1) is 11.6. The van der Waals surface area contributed by atoms with Crippen LogP contribution in [0.25, 0.3) is 0 Å². The number of rotatable bonds is 4. The zero-order valence-corrected chi connectivity index (χ0v) is 9.69. The normalized spacial score (nSPS) is 31.0. The molecule has 3 atom stereocenters. The number of piperidine rings is 1. The molecule has 2 amide bonds. The predicted octanol–water partition coefficient (Wildman–Crippen LogP) is 0.933. The molecule has 3 unspecified atom stereocenters. The number of amides is 2. The van der Waals surface area contributed by atoms with Crippen LogP contribution in [-0.2, 0) is 9.59 Å². The maximum Gasteiger partial charge on any atom is 0.232 e. The Balaban J connectivity index is 2.18. The summed E-state index contributed by atoms with van der Waals surface area (Å²) < 4.78 is 0. The Bertz CT molecular complexity index is 281. The van der Waals surface area contributed by atoms with Crippen molar-refractivity contribution in [2.75, 3.05) is 6.61 Å². The summed E-state index contributed by atoms with van der Waals surface area (Å²) in [5, 5.41) is 8.97. The molecule has 1 saturated carbocycles. The molecule has 1 N–H and O–H groups in total. The van der Waals surface area contributed by atoms with Crippen LogP contribution in [0.2, 0.25) is 0 Å². The molecule has 1 aliphatic heterocycles. The Labute approximate surface area is 95.6 Å². The van der Waals surface area contributed by atoms with Gasteiger partial charge in [-0.2, -0.15) is 0 Å². The number of likely N-dealkylation sites (tertiary alicyclic amines) is 1. The van der Waals surface area contributed by atoms with Crippen LogP contribution >= 0.6 is 0 Å². The van der Waals surface area contributed by atoms with Gasteiger partial charge in [0.05, 0.1) is 0 Å². The number of aliphatic hydroxyl groups excluding tert-OH is 1. The van der Waals surface area contributed by atoms with E-state index in [1.165, 1.54) is 4.90 Å². The van der Waals surface area contributed by atoms with Gasteiger partial charge in [-0.1, -0.05) is 6.92 Å². The van der Waals surface area contributed by atoms with Gasteiger partial charge in [-0.3, -0.25) is 14.5 Å². The van der Waals surface area contributed by atoms with E-state index in [2.05, 4.69) is 0 Å². The van der Waals surface area contributed by atoms with Gasteiger partial charge >= 0.3 is 0 Å². The highest BCUT2D eigenvalue weighted by molar-refractivity contribution is 6.01. The number of carbonyl (C=O) groups is 2. The van der Waals surface area contributed by atoms with Crippen molar-refractivity contribution in [2.24, 2.45) is 11.8 Å². The Morgan fingerprint density at radius 1 is 1.31 bits per heavy atom. The third-order valence-electron chi connectivity index (χ3n) is 3.90. The summed E-state index contributed by atoms with van der Waals surface area (Å²) in [6, 6.07) is -0.103. The summed E-state index contributed by atoms with van der Waals surface area (Å²) >= 11 is 0. The minimum absolute atomic E-state index is 0.000880. The third kappa shape index (κ3) is 1.75. The molecule has 2 fully saturated rings. The van der Waals surface area contributed by atoms with Gasteiger partial charge in [0.1, 0.15) is 0 Å². The van der Waals surface area contributed by atoms with Crippen LogP contribution in [0.5, 0.6) is 0 Å². The van der Waals surface area contributed by atoms with Crippen LogP contribution < -0.4 is 0 Å². The Morgan fingerprint density at radius 2 is 1.88 bits per heavy atom. The lowest BCUT2D eigenvalue weighted by Gasteiger charge is -2.35. The summed E-state index contributed by atoms with van der Waals surface area (Å²) in [6.07, 6.45) is 3.72. The maximum absolute atomic E-state index is 12.1. The zero-order valence-electron chi connectivity index (χ0n) is 9.69. The first-order valence-corrected chi connectivity index (χ1v) is 6.16. The van der Waals surface area contributed by atoms with Crippen LogP contribution in [0.4, 0.5) is 0 Å². The molecule has 4 nitrogen and oxygen atoms in total. The third-order valence-corrected chi connectivity index (χ3v) is 3.90. The Kier molecular flexibility index (Phi) is 3.28. The topological polar surface area (TPSA) is 57.6 Å².